The first-order valence-electron chi connectivity index (χ1n) is 9.61. The van der Waals surface area contributed by atoms with E-state index in [9.17, 15) is 14.0 Å². The van der Waals surface area contributed by atoms with Gasteiger partial charge >= 0.3 is 0 Å². The molecule has 6 nitrogen and oxygen atoms in total. The Morgan fingerprint density at radius 2 is 2.10 bits per heavy atom. The third-order valence-corrected chi connectivity index (χ3v) is 5.99. The van der Waals surface area contributed by atoms with E-state index in [2.05, 4.69) is 15.4 Å². The molecule has 0 fully saturated rings. The van der Waals surface area contributed by atoms with Crippen LogP contribution in [0.3, 0.4) is 0 Å². The second kappa shape index (κ2) is 8.24. The third-order valence-electron chi connectivity index (χ3n) is 5.05. The quantitative estimate of drug-likeness (QED) is 0.675. The first-order chi connectivity index (χ1) is 14.0. The third kappa shape index (κ3) is 4.27. The lowest BCUT2D eigenvalue weighted by Gasteiger charge is -2.14. The van der Waals surface area contributed by atoms with Crippen molar-refractivity contribution in [2.45, 2.75) is 38.6 Å². The smallest absolute Gasteiger partial charge is 0.267 e. The van der Waals surface area contributed by atoms with E-state index in [-0.39, 0.29) is 17.3 Å². The van der Waals surface area contributed by atoms with Crippen molar-refractivity contribution in [3.8, 4) is 10.6 Å². The Morgan fingerprint density at radius 1 is 1.31 bits per heavy atom. The minimum Gasteiger partial charge on any atom is -0.354 e. The van der Waals surface area contributed by atoms with Crippen molar-refractivity contribution in [1.82, 2.24) is 20.1 Å². The average molecular weight is 412 g/mol. The fourth-order valence-electron chi connectivity index (χ4n) is 3.41. The van der Waals surface area contributed by atoms with Crippen LogP contribution in [0.1, 0.15) is 36.3 Å². The average Bonchev–Trinajstić information content (AvgIpc) is 3.36. The zero-order chi connectivity index (χ0) is 20.4. The second-order valence-corrected chi connectivity index (χ2v) is 7.98. The van der Waals surface area contributed by atoms with Crippen molar-refractivity contribution in [3.63, 3.8) is 0 Å². The Labute approximate surface area is 171 Å². The number of aromatic nitrogens is 3. The Bertz CT molecular complexity index is 1090. The van der Waals surface area contributed by atoms with Gasteiger partial charge in [0.25, 0.3) is 5.56 Å². The highest BCUT2D eigenvalue weighted by atomic mass is 32.1. The highest BCUT2D eigenvalue weighted by Gasteiger charge is 2.21. The van der Waals surface area contributed by atoms with Gasteiger partial charge in [0.2, 0.25) is 5.91 Å². The van der Waals surface area contributed by atoms with Crippen molar-refractivity contribution in [1.29, 1.82) is 0 Å². The molecule has 1 unspecified atom stereocenters. The number of hydrogen-bond donors (Lipinski definition) is 1. The fourth-order valence-corrected chi connectivity index (χ4v) is 4.27. The summed E-state index contributed by atoms with van der Waals surface area (Å²) in [6.07, 6.45) is 3.30. The summed E-state index contributed by atoms with van der Waals surface area (Å²) in [5, 5.41) is 9.99. The van der Waals surface area contributed by atoms with Gasteiger partial charge in [-0.05, 0) is 56.0 Å². The van der Waals surface area contributed by atoms with E-state index in [1.165, 1.54) is 28.2 Å². The maximum absolute atomic E-state index is 13.0. The molecule has 0 spiro atoms. The Balaban J connectivity index is 1.34. The van der Waals surface area contributed by atoms with Crippen LogP contribution in [0.2, 0.25) is 0 Å². The highest BCUT2D eigenvalue weighted by Crippen LogP contribution is 2.24. The van der Waals surface area contributed by atoms with Crippen LogP contribution in [0.5, 0.6) is 0 Å². The number of nitrogens with zero attached hydrogens (tertiary/aromatic N) is 3. The standard InChI is InChI=1S/C21H21FN4O2S/c1-13(26-19(27)11-15-3-2-4-18(15)25-26)20(28)23-10-9-17-12-29-21(24-17)14-5-7-16(22)8-6-14/h5-8,11-13H,2-4,9-10H2,1H3,(H,23,28). The zero-order valence-corrected chi connectivity index (χ0v) is 16.8. The molecule has 4 rings (SSSR count). The molecule has 150 valence electrons. The van der Waals surface area contributed by atoms with Crippen molar-refractivity contribution in [2.75, 3.05) is 6.54 Å². The van der Waals surface area contributed by atoms with Crippen molar-refractivity contribution in [2.24, 2.45) is 0 Å². The van der Waals surface area contributed by atoms with Crippen LogP contribution in [-0.4, -0.2) is 27.2 Å². The van der Waals surface area contributed by atoms with Crippen molar-refractivity contribution < 1.29 is 9.18 Å². The van der Waals surface area contributed by atoms with Crippen LogP contribution in [0.4, 0.5) is 4.39 Å². The number of benzene rings is 1. The van der Waals surface area contributed by atoms with Gasteiger partial charge in [0, 0.05) is 30.0 Å². The molecule has 0 bridgehead atoms. The summed E-state index contributed by atoms with van der Waals surface area (Å²) >= 11 is 1.48. The molecule has 1 amide bonds. The van der Waals surface area contributed by atoms with E-state index < -0.39 is 6.04 Å². The first-order valence-corrected chi connectivity index (χ1v) is 10.5. The summed E-state index contributed by atoms with van der Waals surface area (Å²) in [4.78, 5) is 29.3. The summed E-state index contributed by atoms with van der Waals surface area (Å²) in [6, 6.07) is 7.15. The Kier molecular flexibility index (Phi) is 5.53. The molecule has 2 heterocycles. The van der Waals surface area contributed by atoms with Crippen molar-refractivity contribution >= 4 is 17.2 Å². The predicted octanol–water partition coefficient (Wildman–Crippen LogP) is 2.91. The Morgan fingerprint density at radius 3 is 2.90 bits per heavy atom. The van der Waals surface area contributed by atoms with Gasteiger partial charge in [0.05, 0.1) is 11.4 Å². The molecule has 8 heteroatoms. The summed E-state index contributed by atoms with van der Waals surface area (Å²) in [5.41, 5.74) is 3.40. The predicted molar refractivity (Wildman–Crippen MR) is 109 cm³/mol. The molecule has 1 N–H and O–H groups in total. The molecule has 1 aliphatic carbocycles. The topological polar surface area (TPSA) is 76.9 Å². The van der Waals surface area contributed by atoms with E-state index in [0.717, 1.165) is 46.8 Å². The van der Waals surface area contributed by atoms with Gasteiger partial charge in [0.1, 0.15) is 16.9 Å². The Hall–Kier alpha value is -2.87. The maximum atomic E-state index is 13.0. The van der Waals surface area contributed by atoms with Crippen LogP contribution in [0.25, 0.3) is 10.6 Å². The number of carbonyl (C=O) groups is 1. The van der Waals surface area contributed by atoms with Gasteiger partial charge in [-0.15, -0.1) is 11.3 Å². The first kappa shape index (κ1) is 19.4. The summed E-state index contributed by atoms with van der Waals surface area (Å²) < 4.78 is 14.3. The number of nitrogens with one attached hydrogen (secondary N) is 1. The van der Waals surface area contributed by atoms with E-state index in [0.29, 0.717) is 13.0 Å². The van der Waals surface area contributed by atoms with Gasteiger partial charge in [-0.25, -0.2) is 14.1 Å². The molecule has 1 aromatic carbocycles. The van der Waals surface area contributed by atoms with Gasteiger partial charge < -0.3 is 5.32 Å². The summed E-state index contributed by atoms with van der Waals surface area (Å²) in [6.45, 7) is 2.09. The van der Waals surface area contributed by atoms with Gasteiger partial charge in [-0.3, -0.25) is 9.59 Å². The molecule has 1 atom stereocenters. The molecular formula is C21H21FN4O2S. The molecule has 0 aliphatic heterocycles. The number of halogens is 1. The lowest BCUT2D eigenvalue weighted by atomic mass is 10.2. The maximum Gasteiger partial charge on any atom is 0.267 e. The van der Waals surface area contributed by atoms with E-state index in [1.54, 1.807) is 25.1 Å². The largest absolute Gasteiger partial charge is 0.354 e. The minimum absolute atomic E-state index is 0.239. The number of amides is 1. The van der Waals surface area contributed by atoms with Gasteiger partial charge in [0.15, 0.2) is 0 Å². The number of rotatable bonds is 6. The number of fused-ring (bicyclic) bond motifs is 1. The van der Waals surface area contributed by atoms with Crippen LogP contribution in [-0.2, 0) is 24.1 Å². The molecule has 0 saturated heterocycles. The summed E-state index contributed by atoms with van der Waals surface area (Å²) in [7, 11) is 0. The molecular weight excluding hydrogens is 391 g/mol. The molecule has 0 radical (unpaired) electrons. The van der Waals surface area contributed by atoms with E-state index in [1.807, 2.05) is 5.38 Å². The normalized spacial score (nSPS) is 13.9. The highest BCUT2D eigenvalue weighted by molar-refractivity contribution is 7.13. The zero-order valence-electron chi connectivity index (χ0n) is 16.0. The molecule has 29 heavy (non-hydrogen) atoms. The van der Waals surface area contributed by atoms with Crippen LogP contribution >= 0.6 is 11.3 Å². The van der Waals surface area contributed by atoms with E-state index >= 15 is 0 Å². The minimum atomic E-state index is -0.668. The van der Waals surface area contributed by atoms with E-state index in [4.69, 9.17) is 0 Å². The van der Waals surface area contributed by atoms with Gasteiger partial charge in [-0.1, -0.05) is 0 Å². The van der Waals surface area contributed by atoms with Crippen LogP contribution < -0.4 is 10.9 Å². The molecule has 1 aliphatic rings. The SMILES string of the molecule is CC(C(=O)NCCc1csc(-c2ccc(F)cc2)n1)n1nc2c(cc1=O)CCC2. The monoisotopic (exact) mass is 412 g/mol. The van der Waals surface area contributed by atoms with Crippen LogP contribution in [0, 0.1) is 5.82 Å². The molecule has 3 aromatic rings. The fraction of sp³-hybridized carbons (Fsp3) is 0.333. The molecule has 2 aromatic heterocycles. The number of aryl methyl sites for hydroxylation is 2. The second-order valence-electron chi connectivity index (χ2n) is 7.12. The lowest BCUT2D eigenvalue weighted by molar-refractivity contribution is -0.124. The number of thiazole rings is 1. The van der Waals surface area contributed by atoms with Crippen molar-refractivity contribution in [3.05, 3.63) is 68.8 Å². The summed E-state index contributed by atoms with van der Waals surface area (Å²) in [5.74, 6) is -0.522. The lowest BCUT2D eigenvalue weighted by Crippen LogP contribution is -2.38. The molecule has 0 saturated carbocycles. The van der Waals surface area contributed by atoms with Gasteiger partial charge in [-0.2, -0.15) is 5.10 Å². The number of hydrogen-bond acceptors (Lipinski definition) is 5. The number of carbonyl (C=O) groups excluding carboxylic acids is 1. The van der Waals surface area contributed by atoms with Crippen LogP contribution in [0.15, 0.2) is 40.5 Å².